The Morgan fingerprint density at radius 2 is 1.84 bits per heavy atom. The number of likely N-dealkylation sites (tertiary alicyclic amines) is 1. The summed E-state index contributed by atoms with van der Waals surface area (Å²) < 4.78 is 0. The van der Waals surface area contributed by atoms with Crippen molar-refractivity contribution in [2.45, 2.75) is 51.4 Å². The summed E-state index contributed by atoms with van der Waals surface area (Å²) in [6, 6.07) is 19.8. The van der Waals surface area contributed by atoms with Crippen LogP contribution < -0.4 is 15.5 Å². The molecule has 2 fully saturated rings. The molecule has 172 valence electrons. The first-order valence-corrected chi connectivity index (χ1v) is 11.3. The highest BCUT2D eigenvalue weighted by atomic mass is 127. The highest BCUT2D eigenvalue weighted by Gasteiger charge is 2.29. The number of rotatable bonds is 6. The minimum Gasteiger partial charge on any atom is -0.352 e. The summed E-state index contributed by atoms with van der Waals surface area (Å²) >= 11 is 0. The van der Waals surface area contributed by atoms with Gasteiger partial charge in [-0.3, -0.25) is 14.7 Å². The van der Waals surface area contributed by atoms with Crippen LogP contribution in [0.5, 0.6) is 0 Å². The van der Waals surface area contributed by atoms with Crippen LogP contribution in [0.15, 0.2) is 59.6 Å². The molecular weight excluding hydrogens is 513 g/mol. The zero-order valence-electron chi connectivity index (χ0n) is 19.0. The zero-order chi connectivity index (χ0) is 21.6. The zero-order valence-corrected chi connectivity index (χ0v) is 21.3. The van der Waals surface area contributed by atoms with Crippen LogP contribution in [0.1, 0.15) is 37.3 Å². The van der Waals surface area contributed by atoms with E-state index in [1.54, 1.807) is 0 Å². The summed E-state index contributed by atoms with van der Waals surface area (Å²) in [6.07, 6.45) is 2.71. The number of nitrogens with one attached hydrogen (secondary N) is 2. The van der Waals surface area contributed by atoms with Gasteiger partial charge in [-0.05, 0) is 43.0 Å². The van der Waals surface area contributed by atoms with Gasteiger partial charge in [0.15, 0.2) is 5.96 Å². The van der Waals surface area contributed by atoms with Crippen LogP contribution in [0.25, 0.3) is 0 Å². The molecule has 2 aromatic rings. The highest BCUT2D eigenvalue weighted by molar-refractivity contribution is 14.0. The number of hydrogen-bond donors (Lipinski definition) is 2. The Kier molecular flexibility index (Phi) is 8.92. The van der Waals surface area contributed by atoms with Crippen molar-refractivity contribution in [2.24, 2.45) is 4.99 Å². The van der Waals surface area contributed by atoms with Crippen molar-refractivity contribution >= 4 is 41.5 Å². The molecule has 0 aliphatic carbocycles. The van der Waals surface area contributed by atoms with E-state index in [0.717, 1.165) is 44.1 Å². The number of benzene rings is 2. The molecule has 0 spiro atoms. The van der Waals surface area contributed by atoms with Gasteiger partial charge in [0.05, 0.1) is 0 Å². The predicted octanol–water partition coefficient (Wildman–Crippen LogP) is 3.76. The molecule has 4 rings (SSSR count). The van der Waals surface area contributed by atoms with Crippen molar-refractivity contribution < 1.29 is 4.79 Å². The molecule has 0 saturated carbocycles. The maximum absolute atomic E-state index is 11.9. The Hall–Kier alpha value is -2.13. The summed E-state index contributed by atoms with van der Waals surface area (Å²) in [5, 5.41) is 7.02. The van der Waals surface area contributed by atoms with Crippen molar-refractivity contribution in [3.8, 4) is 0 Å². The average Bonchev–Trinajstić information content (AvgIpc) is 3.37. The summed E-state index contributed by atoms with van der Waals surface area (Å²) in [4.78, 5) is 20.7. The van der Waals surface area contributed by atoms with Gasteiger partial charge in [-0.25, -0.2) is 0 Å². The molecule has 2 heterocycles. The van der Waals surface area contributed by atoms with Gasteiger partial charge >= 0.3 is 0 Å². The number of hydrogen-bond acceptors (Lipinski definition) is 3. The Balaban J connectivity index is 0.00000289. The lowest BCUT2D eigenvalue weighted by atomic mass is 10.2. The summed E-state index contributed by atoms with van der Waals surface area (Å²) in [5.74, 6) is 1.06. The molecule has 2 saturated heterocycles. The smallest absolute Gasteiger partial charge is 0.227 e. The molecule has 2 atom stereocenters. The van der Waals surface area contributed by atoms with Crippen molar-refractivity contribution in [3.63, 3.8) is 0 Å². The van der Waals surface area contributed by atoms with Gasteiger partial charge in [0.1, 0.15) is 0 Å². The fourth-order valence-electron chi connectivity index (χ4n) is 4.53. The van der Waals surface area contributed by atoms with E-state index in [9.17, 15) is 4.79 Å². The van der Waals surface area contributed by atoms with Crippen molar-refractivity contribution in [3.05, 3.63) is 65.7 Å². The molecule has 7 heteroatoms. The number of carbonyl (C=O) groups is 1. The van der Waals surface area contributed by atoms with Crippen LogP contribution in [0.3, 0.4) is 0 Å². The van der Waals surface area contributed by atoms with Gasteiger partial charge < -0.3 is 15.5 Å². The van der Waals surface area contributed by atoms with Crippen LogP contribution in [-0.2, 0) is 17.9 Å². The number of carbonyl (C=O) groups excluding carboxylic acids is 1. The quantitative estimate of drug-likeness (QED) is 0.329. The minimum absolute atomic E-state index is 0. The Bertz CT molecular complexity index is 902. The Morgan fingerprint density at radius 3 is 2.50 bits per heavy atom. The lowest BCUT2D eigenvalue weighted by Gasteiger charge is -2.21. The lowest BCUT2D eigenvalue weighted by molar-refractivity contribution is -0.117. The van der Waals surface area contributed by atoms with Gasteiger partial charge in [-0.1, -0.05) is 42.5 Å². The molecule has 2 aromatic carbocycles. The van der Waals surface area contributed by atoms with Crippen molar-refractivity contribution in [1.29, 1.82) is 0 Å². The number of aliphatic imine (C=N–C) groups is 1. The third kappa shape index (κ3) is 6.22. The molecular formula is C25H34IN5O. The fourth-order valence-corrected chi connectivity index (χ4v) is 4.53. The molecule has 0 aromatic heterocycles. The molecule has 32 heavy (non-hydrogen) atoms. The van der Waals surface area contributed by atoms with Gasteiger partial charge in [0, 0.05) is 57.4 Å². The normalized spacial score (nSPS) is 21.5. The molecule has 1 amide bonds. The Labute approximate surface area is 208 Å². The van der Waals surface area contributed by atoms with Crippen LogP contribution in [-0.4, -0.2) is 49.0 Å². The summed E-state index contributed by atoms with van der Waals surface area (Å²) in [5.41, 5.74) is 3.52. The lowest BCUT2D eigenvalue weighted by Crippen LogP contribution is -2.44. The van der Waals surface area contributed by atoms with Crippen LogP contribution in [0.2, 0.25) is 0 Å². The second-order valence-corrected chi connectivity index (χ2v) is 8.58. The van der Waals surface area contributed by atoms with E-state index in [2.05, 4.69) is 69.9 Å². The average molecular weight is 547 g/mol. The third-order valence-electron chi connectivity index (χ3n) is 6.28. The van der Waals surface area contributed by atoms with E-state index in [1.807, 2.05) is 24.1 Å². The topological polar surface area (TPSA) is 60.0 Å². The van der Waals surface area contributed by atoms with Gasteiger partial charge in [-0.15, -0.1) is 24.0 Å². The van der Waals surface area contributed by atoms with Crippen molar-refractivity contribution in [1.82, 2.24) is 15.5 Å². The second-order valence-electron chi connectivity index (χ2n) is 8.58. The first-order valence-electron chi connectivity index (χ1n) is 11.3. The number of guanidine groups is 1. The maximum atomic E-state index is 11.9. The fraction of sp³-hybridized carbons (Fsp3) is 0.440. The number of amides is 1. The van der Waals surface area contributed by atoms with Crippen molar-refractivity contribution in [2.75, 3.05) is 25.0 Å². The Morgan fingerprint density at radius 1 is 1.09 bits per heavy atom. The van der Waals surface area contributed by atoms with E-state index >= 15 is 0 Å². The van der Waals surface area contributed by atoms with Crippen LogP contribution in [0.4, 0.5) is 5.69 Å². The standard InChI is InChI=1S/C25H33N5O.HI/c1-19-15-22(18-29(19)17-21-7-4-3-5-8-21)28-25(26-2)27-16-20-10-12-23(13-11-20)30-14-6-9-24(30)31;/h3-5,7-8,10-13,19,22H,6,9,14-18H2,1-2H3,(H2,26,27,28);1H. The largest absolute Gasteiger partial charge is 0.352 e. The molecule has 0 radical (unpaired) electrons. The van der Waals surface area contributed by atoms with Gasteiger partial charge in [0.25, 0.3) is 0 Å². The van der Waals surface area contributed by atoms with E-state index in [1.165, 1.54) is 11.1 Å². The maximum Gasteiger partial charge on any atom is 0.227 e. The molecule has 0 bridgehead atoms. The summed E-state index contributed by atoms with van der Waals surface area (Å²) in [7, 11) is 1.82. The highest BCUT2D eigenvalue weighted by Crippen LogP contribution is 2.22. The monoisotopic (exact) mass is 547 g/mol. The molecule has 6 nitrogen and oxygen atoms in total. The molecule has 2 aliphatic rings. The molecule has 2 unspecified atom stereocenters. The van der Waals surface area contributed by atoms with Gasteiger partial charge in [0.2, 0.25) is 5.91 Å². The number of halogens is 1. The minimum atomic E-state index is 0. The first-order chi connectivity index (χ1) is 15.1. The second kappa shape index (κ2) is 11.7. The first kappa shape index (κ1) is 24.5. The van der Waals surface area contributed by atoms with E-state index in [0.29, 0.717) is 25.0 Å². The molecule has 2 N–H and O–H groups in total. The SMILES string of the molecule is CN=C(NCc1ccc(N2CCCC2=O)cc1)NC1CC(C)N(Cc2ccccc2)C1.I. The summed E-state index contributed by atoms with van der Waals surface area (Å²) in [6.45, 7) is 5.82. The predicted molar refractivity (Wildman–Crippen MR) is 141 cm³/mol. The van der Waals surface area contributed by atoms with Crippen LogP contribution in [0, 0.1) is 0 Å². The third-order valence-corrected chi connectivity index (χ3v) is 6.28. The van der Waals surface area contributed by atoms with E-state index < -0.39 is 0 Å². The van der Waals surface area contributed by atoms with E-state index in [-0.39, 0.29) is 29.9 Å². The number of nitrogens with zero attached hydrogens (tertiary/aromatic N) is 3. The van der Waals surface area contributed by atoms with Crippen LogP contribution >= 0.6 is 24.0 Å². The van der Waals surface area contributed by atoms with Gasteiger partial charge in [-0.2, -0.15) is 0 Å². The van der Waals surface area contributed by atoms with E-state index in [4.69, 9.17) is 0 Å². The molecule has 2 aliphatic heterocycles. The number of anilines is 1.